The molecule has 0 saturated carbocycles. The van der Waals surface area contributed by atoms with Gasteiger partial charge in [0.2, 0.25) is 5.75 Å². The van der Waals surface area contributed by atoms with Gasteiger partial charge >= 0.3 is 12.1 Å². The zero-order valence-corrected chi connectivity index (χ0v) is 20.1. The number of hydrogen-bond donors (Lipinski definition) is 4. The van der Waals surface area contributed by atoms with Crippen molar-refractivity contribution >= 4 is 50.6 Å². The van der Waals surface area contributed by atoms with Gasteiger partial charge in [-0.05, 0) is 24.4 Å². The van der Waals surface area contributed by atoms with Crippen molar-refractivity contribution in [1.29, 1.82) is 0 Å². The summed E-state index contributed by atoms with van der Waals surface area (Å²) in [6, 6.07) is 2.11. The first kappa shape index (κ1) is 24.7. The van der Waals surface area contributed by atoms with Crippen LogP contribution >= 0.6 is 22.9 Å². The number of aromatic carboxylic acids is 1. The van der Waals surface area contributed by atoms with Gasteiger partial charge in [0.15, 0.2) is 17.3 Å². The molecule has 1 aliphatic heterocycles. The second-order valence-corrected chi connectivity index (χ2v) is 10.00. The van der Waals surface area contributed by atoms with E-state index in [-0.39, 0.29) is 44.3 Å². The van der Waals surface area contributed by atoms with Crippen LogP contribution in [0.3, 0.4) is 0 Å². The largest absolute Gasteiger partial charge is 0.505 e. The van der Waals surface area contributed by atoms with Crippen molar-refractivity contribution in [3.63, 3.8) is 0 Å². The predicted octanol–water partition coefficient (Wildman–Crippen LogP) is 2.00. The summed E-state index contributed by atoms with van der Waals surface area (Å²) in [5.41, 5.74) is -0.418. The number of carbonyl (C=O) groups is 2. The number of carboxylic acid groups (broad SMARTS) is 1. The van der Waals surface area contributed by atoms with Crippen LogP contribution in [-0.2, 0) is 16.4 Å². The first-order chi connectivity index (χ1) is 16.3. The zero-order valence-electron chi connectivity index (χ0n) is 17.7. The molecule has 0 fully saturated rings. The minimum Gasteiger partial charge on any atom is -0.492 e. The first-order valence-corrected chi connectivity index (χ1v) is 12.1. The molecule has 3 heterocycles. The maximum absolute atomic E-state index is 13.2. The van der Waals surface area contributed by atoms with E-state index in [2.05, 4.69) is 9.88 Å². The molecule has 3 aromatic rings. The Morgan fingerprint density at radius 2 is 2.03 bits per heavy atom. The number of ketones is 1. The average molecular weight is 547 g/mol. The molecular formula is C19H15ClN2O11S2. The normalized spacial score (nSPS) is 14.1. The van der Waals surface area contributed by atoms with Crippen LogP contribution in [-0.4, -0.2) is 53.9 Å². The standard InChI is InChI=1S/C19H15ClN2O11S2/c1-7-13(20)17(33-21-7)22-35(28,29)12-3-4-34-16(12)10(23)5-8-9(18(24)25)6-11-15(14(8)30-2)32-19(26,27)31-11/h3-4,6,22,26-27H,5H2,1-2H3,(H,24,25). The third kappa shape index (κ3) is 4.51. The minimum absolute atomic E-state index is 0.0586. The zero-order chi connectivity index (χ0) is 25.7. The van der Waals surface area contributed by atoms with Gasteiger partial charge in [0.1, 0.15) is 15.6 Å². The predicted molar refractivity (Wildman–Crippen MR) is 118 cm³/mol. The summed E-state index contributed by atoms with van der Waals surface area (Å²) in [4.78, 5) is 24.4. The lowest BCUT2D eigenvalue weighted by Crippen LogP contribution is -2.37. The van der Waals surface area contributed by atoms with Gasteiger partial charge in [-0.15, -0.1) is 11.3 Å². The number of aliphatic hydroxyl groups is 2. The van der Waals surface area contributed by atoms with Crippen molar-refractivity contribution in [3.05, 3.63) is 44.2 Å². The van der Waals surface area contributed by atoms with E-state index < -0.39 is 44.8 Å². The summed E-state index contributed by atoms with van der Waals surface area (Å²) in [7, 11) is -3.21. The van der Waals surface area contributed by atoms with Crippen LogP contribution in [0.4, 0.5) is 5.88 Å². The molecule has 1 aromatic carbocycles. The highest BCUT2D eigenvalue weighted by molar-refractivity contribution is 7.93. The van der Waals surface area contributed by atoms with E-state index in [1.807, 2.05) is 0 Å². The molecule has 4 N–H and O–H groups in total. The van der Waals surface area contributed by atoms with E-state index in [4.69, 9.17) is 30.3 Å². The molecule has 186 valence electrons. The number of carbonyl (C=O) groups excluding carboxylic acids is 1. The van der Waals surface area contributed by atoms with Crippen molar-refractivity contribution in [2.75, 3.05) is 11.8 Å². The summed E-state index contributed by atoms with van der Waals surface area (Å²) < 4.78 is 47.6. The van der Waals surface area contributed by atoms with Gasteiger partial charge in [-0.1, -0.05) is 16.8 Å². The van der Waals surface area contributed by atoms with E-state index in [9.17, 15) is 33.3 Å². The number of anilines is 1. The maximum Gasteiger partial charge on any atom is 0.505 e. The van der Waals surface area contributed by atoms with Crippen molar-refractivity contribution in [2.24, 2.45) is 0 Å². The Hall–Kier alpha value is -3.37. The van der Waals surface area contributed by atoms with Crippen molar-refractivity contribution in [1.82, 2.24) is 5.16 Å². The summed E-state index contributed by atoms with van der Waals surface area (Å²) in [6.45, 7) is 1.50. The van der Waals surface area contributed by atoms with Gasteiger partial charge in [-0.2, -0.15) is 0 Å². The Kier molecular flexibility index (Phi) is 6.14. The molecule has 0 aliphatic carbocycles. The third-order valence-electron chi connectivity index (χ3n) is 4.74. The fraction of sp³-hybridized carbons (Fsp3) is 0.211. The molecule has 0 radical (unpaired) electrons. The molecule has 0 amide bonds. The van der Waals surface area contributed by atoms with E-state index in [0.29, 0.717) is 0 Å². The second-order valence-electron chi connectivity index (χ2n) is 7.05. The summed E-state index contributed by atoms with van der Waals surface area (Å²) >= 11 is 6.76. The van der Waals surface area contributed by atoms with Gasteiger partial charge in [-0.25, -0.2) is 17.9 Å². The number of hydrogen-bond acceptors (Lipinski definition) is 12. The third-order valence-corrected chi connectivity index (χ3v) is 7.65. The van der Waals surface area contributed by atoms with Crippen LogP contribution in [0.2, 0.25) is 5.02 Å². The van der Waals surface area contributed by atoms with E-state index in [1.165, 1.54) is 18.4 Å². The van der Waals surface area contributed by atoms with Gasteiger partial charge in [-0.3, -0.25) is 15.0 Å². The molecular weight excluding hydrogens is 532 g/mol. The number of nitrogens with one attached hydrogen (secondary N) is 1. The first-order valence-electron chi connectivity index (χ1n) is 9.40. The van der Waals surface area contributed by atoms with Crippen LogP contribution in [0.1, 0.15) is 31.3 Å². The number of nitrogens with zero attached hydrogens (tertiary/aromatic N) is 1. The molecule has 4 rings (SSSR count). The smallest absolute Gasteiger partial charge is 0.492 e. The van der Waals surface area contributed by atoms with Crippen LogP contribution in [0.5, 0.6) is 17.2 Å². The Labute approximate surface area is 205 Å². The fourth-order valence-electron chi connectivity index (χ4n) is 3.26. The lowest BCUT2D eigenvalue weighted by atomic mass is 9.99. The van der Waals surface area contributed by atoms with Crippen LogP contribution in [0.25, 0.3) is 0 Å². The van der Waals surface area contributed by atoms with Gasteiger partial charge in [0.05, 0.1) is 17.6 Å². The molecule has 2 aromatic heterocycles. The highest BCUT2D eigenvalue weighted by atomic mass is 35.5. The molecule has 0 unspecified atom stereocenters. The number of Topliss-reactive ketones (excluding diaryl/α,β-unsaturated/α-hetero) is 1. The van der Waals surface area contributed by atoms with Crippen molar-refractivity contribution in [2.45, 2.75) is 24.4 Å². The van der Waals surface area contributed by atoms with E-state index >= 15 is 0 Å². The SMILES string of the molecule is COc1c(CC(=O)c2sccc2S(=O)(=O)Nc2onc(C)c2Cl)c(C(=O)O)cc2c1OC(O)(O)O2. The monoisotopic (exact) mass is 546 g/mol. The Bertz CT molecular complexity index is 1460. The maximum atomic E-state index is 13.2. The molecule has 0 spiro atoms. The molecule has 1 aliphatic rings. The summed E-state index contributed by atoms with van der Waals surface area (Å²) in [5, 5.41) is 33.7. The molecule has 16 heteroatoms. The second kappa shape index (κ2) is 8.69. The average Bonchev–Trinajstić information content (AvgIpc) is 3.46. The number of ether oxygens (including phenoxy) is 3. The number of methoxy groups -OCH3 is 1. The Morgan fingerprint density at radius 1 is 1.31 bits per heavy atom. The molecule has 0 bridgehead atoms. The summed E-state index contributed by atoms with van der Waals surface area (Å²) in [6.07, 6.45) is -3.72. The Balaban J connectivity index is 1.72. The molecule has 13 nitrogen and oxygen atoms in total. The topological polar surface area (TPSA) is 195 Å². The number of rotatable bonds is 8. The quantitative estimate of drug-likeness (QED) is 0.237. The van der Waals surface area contributed by atoms with E-state index in [1.54, 1.807) is 0 Å². The van der Waals surface area contributed by atoms with Crippen LogP contribution in [0, 0.1) is 6.92 Å². The lowest BCUT2D eigenvalue weighted by molar-refractivity contribution is -0.385. The lowest BCUT2D eigenvalue weighted by Gasteiger charge is -2.14. The fourth-order valence-corrected chi connectivity index (χ4v) is 5.82. The number of aromatic nitrogens is 1. The number of halogens is 1. The van der Waals surface area contributed by atoms with Gasteiger partial charge in [0.25, 0.3) is 15.9 Å². The number of aryl methyl sites for hydroxylation is 1. The number of fused-ring (bicyclic) bond motifs is 1. The minimum atomic E-state index is -4.35. The Morgan fingerprint density at radius 3 is 2.63 bits per heavy atom. The molecule has 0 saturated heterocycles. The number of carboxylic acids is 1. The van der Waals surface area contributed by atoms with Gasteiger partial charge < -0.3 is 23.8 Å². The highest BCUT2D eigenvalue weighted by Gasteiger charge is 2.42. The van der Waals surface area contributed by atoms with Crippen LogP contribution in [0.15, 0.2) is 26.9 Å². The highest BCUT2D eigenvalue weighted by Crippen LogP contribution is 2.48. The molecule has 35 heavy (non-hydrogen) atoms. The number of thiophene rings is 1. The van der Waals surface area contributed by atoms with Crippen molar-refractivity contribution in [3.8, 4) is 17.2 Å². The summed E-state index contributed by atoms with van der Waals surface area (Å²) in [5.74, 6) is -3.59. The van der Waals surface area contributed by atoms with Crippen LogP contribution < -0.4 is 18.9 Å². The molecule has 0 atom stereocenters. The number of benzene rings is 1. The van der Waals surface area contributed by atoms with E-state index in [0.717, 1.165) is 24.5 Å². The van der Waals surface area contributed by atoms with Crippen molar-refractivity contribution < 1.29 is 52.1 Å². The van der Waals surface area contributed by atoms with Gasteiger partial charge in [0, 0.05) is 12.0 Å². The number of sulfonamides is 1.